The maximum atomic E-state index is 13.0. The van der Waals surface area contributed by atoms with Crippen LogP contribution in [0.15, 0.2) is 59.4 Å². The van der Waals surface area contributed by atoms with E-state index in [4.69, 9.17) is 14.6 Å². The van der Waals surface area contributed by atoms with E-state index >= 15 is 0 Å². The summed E-state index contributed by atoms with van der Waals surface area (Å²) >= 11 is 0. The second-order valence-corrected chi connectivity index (χ2v) is 11.0. The number of ether oxygens (including phenoxy) is 2. The van der Waals surface area contributed by atoms with Gasteiger partial charge in [-0.2, -0.15) is 10.1 Å². The van der Waals surface area contributed by atoms with Gasteiger partial charge in [0.25, 0.3) is 0 Å². The summed E-state index contributed by atoms with van der Waals surface area (Å²) in [6, 6.07) is 17.9. The first-order chi connectivity index (χ1) is 17.7. The molecule has 196 valence electrons. The average molecular weight is 504 g/mol. The van der Waals surface area contributed by atoms with E-state index in [1.807, 2.05) is 82.3 Å². The molecule has 0 spiro atoms. The number of aryl methyl sites for hydroxylation is 1. The van der Waals surface area contributed by atoms with Crippen molar-refractivity contribution in [1.29, 1.82) is 0 Å². The molecule has 7 heteroatoms. The van der Waals surface area contributed by atoms with Crippen LogP contribution >= 0.6 is 0 Å². The van der Waals surface area contributed by atoms with Crippen molar-refractivity contribution in [2.24, 2.45) is 11.8 Å². The highest BCUT2D eigenvalue weighted by atomic mass is 16.6. The van der Waals surface area contributed by atoms with Gasteiger partial charge in [-0.3, -0.25) is 0 Å². The number of aromatic nitrogens is 3. The van der Waals surface area contributed by atoms with Crippen LogP contribution in [0.25, 0.3) is 22.5 Å². The highest BCUT2D eigenvalue weighted by Crippen LogP contribution is 2.31. The molecule has 2 aromatic carbocycles. The number of rotatable bonds is 8. The third kappa shape index (κ3) is 7.59. The fourth-order valence-corrected chi connectivity index (χ4v) is 4.83. The standard InChI is InChI=1S/C30H37N3O4/c1-21-9-8-12-25(17-21)27-28(24-10-6-5-7-11-24)32-33(29(35)31-27)18-22-13-15-23(16-14-22)19-36-20-26(34)37-30(2,3)4/h5-12,17,22-23H,13-16,18-20H2,1-4H3/t22-,23-. The summed E-state index contributed by atoms with van der Waals surface area (Å²) < 4.78 is 12.5. The molecule has 1 saturated carbocycles. The minimum Gasteiger partial charge on any atom is -0.458 e. The van der Waals surface area contributed by atoms with Gasteiger partial charge in [-0.05, 0) is 71.3 Å². The van der Waals surface area contributed by atoms with E-state index in [2.05, 4.69) is 4.98 Å². The predicted octanol–water partition coefficient (Wildman–Crippen LogP) is 5.45. The smallest absolute Gasteiger partial charge is 0.364 e. The van der Waals surface area contributed by atoms with Crippen LogP contribution in [0.2, 0.25) is 0 Å². The van der Waals surface area contributed by atoms with E-state index in [0.29, 0.717) is 30.7 Å². The minimum absolute atomic E-state index is 0.0161. The molecule has 1 fully saturated rings. The van der Waals surface area contributed by atoms with Crippen LogP contribution in [-0.2, 0) is 20.8 Å². The lowest BCUT2D eigenvalue weighted by Gasteiger charge is -2.28. The molecule has 0 N–H and O–H groups in total. The third-order valence-corrected chi connectivity index (χ3v) is 6.60. The molecule has 1 aliphatic carbocycles. The van der Waals surface area contributed by atoms with E-state index in [0.717, 1.165) is 48.1 Å². The molecule has 1 aromatic heterocycles. The van der Waals surface area contributed by atoms with Gasteiger partial charge < -0.3 is 9.47 Å². The molecule has 3 aromatic rings. The zero-order valence-electron chi connectivity index (χ0n) is 22.3. The molecule has 0 saturated heterocycles. The Kier molecular flexibility index (Phi) is 8.54. The minimum atomic E-state index is -0.502. The van der Waals surface area contributed by atoms with Gasteiger partial charge in [0.1, 0.15) is 23.6 Å². The summed E-state index contributed by atoms with van der Waals surface area (Å²) in [4.78, 5) is 29.4. The van der Waals surface area contributed by atoms with E-state index in [-0.39, 0.29) is 18.3 Å². The summed E-state index contributed by atoms with van der Waals surface area (Å²) in [5.41, 5.74) is 3.44. The number of carbonyl (C=O) groups excluding carboxylic acids is 1. The summed E-state index contributed by atoms with van der Waals surface area (Å²) in [6.45, 7) is 8.65. The number of nitrogens with zero attached hydrogens (tertiary/aromatic N) is 3. The molecule has 1 heterocycles. The summed E-state index contributed by atoms with van der Waals surface area (Å²) in [6.07, 6.45) is 3.95. The van der Waals surface area contributed by atoms with Crippen molar-refractivity contribution in [3.8, 4) is 22.5 Å². The molecule has 7 nitrogen and oxygen atoms in total. The quantitative estimate of drug-likeness (QED) is 0.380. The zero-order valence-corrected chi connectivity index (χ0v) is 22.3. The van der Waals surface area contributed by atoms with Crippen molar-refractivity contribution in [3.63, 3.8) is 0 Å². The van der Waals surface area contributed by atoms with Crippen molar-refractivity contribution in [2.45, 2.75) is 65.5 Å². The normalized spacial score (nSPS) is 17.9. The van der Waals surface area contributed by atoms with Crippen molar-refractivity contribution < 1.29 is 14.3 Å². The highest BCUT2D eigenvalue weighted by Gasteiger charge is 2.24. The molecule has 37 heavy (non-hydrogen) atoms. The SMILES string of the molecule is Cc1cccc(-c2nc(=O)n(C[C@H]3CC[C@H](COCC(=O)OC(C)(C)C)CC3)nc2-c2ccccc2)c1. The van der Waals surface area contributed by atoms with Gasteiger partial charge >= 0.3 is 11.7 Å². The van der Waals surface area contributed by atoms with Crippen molar-refractivity contribution in [2.75, 3.05) is 13.2 Å². The average Bonchev–Trinajstić information content (AvgIpc) is 2.85. The Labute approximate surface area is 218 Å². The maximum absolute atomic E-state index is 13.0. The van der Waals surface area contributed by atoms with Crippen LogP contribution < -0.4 is 5.69 Å². The Balaban J connectivity index is 1.41. The van der Waals surface area contributed by atoms with Crippen LogP contribution in [0.1, 0.15) is 52.0 Å². The van der Waals surface area contributed by atoms with Crippen molar-refractivity contribution in [1.82, 2.24) is 14.8 Å². The molecular formula is C30H37N3O4. The van der Waals surface area contributed by atoms with Crippen molar-refractivity contribution >= 4 is 5.97 Å². The maximum Gasteiger partial charge on any atom is 0.364 e. The fourth-order valence-electron chi connectivity index (χ4n) is 4.83. The fraction of sp³-hybridized carbons (Fsp3) is 0.467. The van der Waals surface area contributed by atoms with Gasteiger partial charge in [-0.15, -0.1) is 0 Å². The lowest BCUT2D eigenvalue weighted by Crippen LogP contribution is -2.32. The molecule has 0 amide bonds. The molecule has 0 radical (unpaired) electrons. The van der Waals surface area contributed by atoms with Crippen LogP contribution in [0.5, 0.6) is 0 Å². The molecule has 0 aliphatic heterocycles. The summed E-state index contributed by atoms with van der Waals surface area (Å²) in [7, 11) is 0. The van der Waals surface area contributed by atoms with E-state index in [1.165, 1.54) is 4.68 Å². The van der Waals surface area contributed by atoms with Crippen LogP contribution in [0, 0.1) is 18.8 Å². The first-order valence-corrected chi connectivity index (χ1v) is 13.1. The van der Waals surface area contributed by atoms with Crippen LogP contribution in [-0.4, -0.2) is 39.5 Å². The monoisotopic (exact) mass is 503 g/mol. The predicted molar refractivity (Wildman–Crippen MR) is 144 cm³/mol. The summed E-state index contributed by atoms with van der Waals surface area (Å²) in [5, 5.41) is 4.83. The second kappa shape index (κ2) is 11.8. The first-order valence-electron chi connectivity index (χ1n) is 13.1. The largest absolute Gasteiger partial charge is 0.458 e. The Hall–Kier alpha value is -3.32. The molecule has 0 bridgehead atoms. The van der Waals surface area contributed by atoms with Gasteiger partial charge in [0.15, 0.2) is 0 Å². The van der Waals surface area contributed by atoms with Gasteiger partial charge in [-0.1, -0.05) is 54.1 Å². The molecular weight excluding hydrogens is 466 g/mol. The van der Waals surface area contributed by atoms with E-state index in [9.17, 15) is 9.59 Å². The van der Waals surface area contributed by atoms with E-state index in [1.54, 1.807) is 0 Å². The number of carbonyl (C=O) groups is 1. The highest BCUT2D eigenvalue weighted by molar-refractivity contribution is 5.77. The number of benzene rings is 2. The number of hydrogen-bond donors (Lipinski definition) is 0. The molecule has 4 rings (SSSR count). The molecule has 1 aliphatic rings. The lowest BCUT2D eigenvalue weighted by atomic mass is 9.82. The third-order valence-electron chi connectivity index (χ3n) is 6.60. The van der Waals surface area contributed by atoms with Gasteiger partial charge in [0, 0.05) is 17.7 Å². The topological polar surface area (TPSA) is 83.3 Å². The second-order valence-electron chi connectivity index (χ2n) is 11.0. The number of esters is 1. The van der Waals surface area contributed by atoms with Crippen LogP contribution in [0.4, 0.5) is 0 Å². The van der Waals surface area contributed by atoms with Gasteiger partial charge in [0.2, 0.25) is 0 Å². The Bertz CT molecular complexity index is 1260. The number of hydrogen-bond acceptors (Lipinski definition) is 6. The Morgan fingerprint density at radius 3 is 2.30 bits per heavy atom. The summed E-state index contributed by atoms with van der Waals surface area (Å²) in [5.74, 6) is 0.426. The lowest BCUT2D eigenvalue weighted by molar-refractivity contribution is -0.160. The van der Waals surface area contributed by atoms with Crippen molar-refractivity contribution in [3.05, 3.63) is 70.6 Å². The Morgan fingerprint density at radius 1 is 0.946 bits per heavy atom. The van der Waals surface area contributed by atoms with Gasteiger partial charge in [0.05, 0.1) is 6.61 Å². The first kappa shape index (κ1) is 26.7. The van der Waals surface area contributed by atoms with Gasteiger partial charge in [-0.25, -0.2) is 14.3 Å². The molecule has 0 atom stereocenters. The van der Waals surface area contributed by atoms with E-state index < -0.39 is 5.60 Å². The molecule has 0 unspecified atom stereocenters. The zero-order chi connectivity index (χ0) is 26.4. The van der Waals surface area contributed by atoms with Crippen LogP contribution in [0.3, 0.4) is 0 Å². The Morgan fingerprint density at radius 2 is 1.62 bits per heavy atom.